The second-order valence-corrected chi connectivity index (χ2v) is 6.48. The van der Waals surface area contributed by atoms with E-state index >= 15 is 0 Å². The lowest BCUT2D eigenvalue weighted by molar-refractivity contribution is 0.103. The molecule has 0 bridgehead atoms. The number of fused-ring (bicyclic) bond motifs is 1. The van der Waals surface area contributed by atoms with Crippen LogP contribution in [-0.2, 0) is 0 Å². The van der Waals surface area contributed by atoms with Gasteiger partial charge in [-0.15, -0.1) is 0 Å². The van der Waals surface area contributed by atoms with Gasteiger partial charge in [-0.3, -0.25) is 4.79 Å². The summed E-state index contributed by atoms with van der Waals surface area (Å²) in [4.78, 5) is 29.3. The summed E-state index contributed by atoms with van der Waals surface area (Å²) < 4.78 is 1.39. The standard InChI is InChI=1S/C15H10Br2N2O2/c1-7-2-3-8(10(16)4-7)14(20)9-5-12-13(6-11(9)17)19-15(21)18-12/h2-6H,1H3,(H2,18,19,21). The predicted molar refractivity (Wildman–Crippen MR) is 88.9 cm³/mol. The number of carbonyl (C=O) groups excluding carboxylic acids is 1. The number of ketones is 1. The van der Waals surface area contributed by atoms with Crippen LogP contribution < -0.4 is 5.69 Å². The van der Waals surface area contributed by atoms with Crippen molar-refractivity contribution in [2.45, 2.75) is 6.92 Å². The molecule has 0 spiro atoms. The highest BCUT2D eigenvalue weighted by atomic mass is 79.9. The number of aromatic nitrogens is 2. The maximum Gasteiger partial charge on any atom is 0.323 e. The molecule has 0 saturated carbocycles. The van der Waals surface area contributed by atoms with Crippen molar-refractivity contribution in [2.24, 2.45) is 0 Å². The first kappa shape index (κ1) is 14.3. The summed E-state index contributed by atoms with van der Waals surface area (Å²) in [6.07, 6.45) is 0. The number of nitrogens with one attached hydrogen (secondary N) is 2. The van der Waals surface area contributed by atoms with Crippen molar-refractivity contribution >= 4 is 48.7 Å². The van der Waals surface area contributed by atoms with Gasteiger partial charge >= 0.3 is 5.69 Å². The van der Waals surface area contributed by atoms with Gasteiger partial charge in [-0.25, -0.2) is 4.79 Å². The number of hydrogen-bond donors (Lipinski definition) is 2. The molecule has 0 fully saturated rings. The Morgan fingerprint density at radius 3 is 2.24 bits per heavy atom. The zero-order valence-electron chi connectivity index (χ0n) is 11.0. The van der Waals surface area contributed by atoms with Crippen LogP contribution in [0.15, 0.2) is 44.1 Å². The van der Waals surface area contributed by atoms with E-state index in [9.17, 15) is 9.59 Å². The molecule has 0 atom stereocenters. The topological polar surface area (TPSA) is 65.7 Å². The number of hydrogen-bond acceptors (Lipinski definition) is 2. The van der Waals surface area contributed by atoms with Crippen LogP contribution in [0.1, 0.15) is 21.5 Å². The van der Waals surface area contributed by atoms with Crippen molar-refractivity contribution in [1.82, 2.24) is 9.97 Å². The summed E-state index contributed by atoms with van der Waals surface area (Å²) in [5.74, 6) is -0.113. The molecule has 4 nitrogen and oxygen atoms in total. The molecule has 0 unspecified atom stereocenters. The molecule has 106 valence electrons. The summed E-state index contributed by atoms with van der Waals surface area (Å²) >= 11 is 6.81. The predicted octanol–water partition coefficient (Wildman–Crippen LogP) is 3.92. The third-order valence-corrected chi connectivity index (χ3v) is 4.53. The Kier molecular flexibility index (Phi) is 3.59. The molecule has 0 aliphatic carbocycles. The first-order chi connectivity index (χ1) is 9.95. The zero-order valence-corrected chi connectivity index (χ0v) is 14.1. The number of halogens is 2. The van der Waals surface area contributed by atoms with Crippen molar-refractivity contribution in [3.63, 3.8) is 0 Å². The van der Waals surface area contributed by atoms with E-state index in [1.165, 1.54) is 0 Å². The summed E-state index contributed by atoms with van der Waals surface area (Å²) in [5.41, 5.74) is 3.13. The van der Waals surface area contributed by atoms with Crippen LogP contribution in [0.4, 0.5) is 0 Å². The average Bonchev–Trinajstić information content (AvgIpc) is 2.76. The van der Waals surface area contributed by atoms with Crippen LogP contribution >= 0.6 is 31.9 Å². The molecular formula is C15H10Br2N2O2. The van der Waals surface area contributed by atoms with Crippen LogP contribution in [0.5, 0.6) is 0 Å². The van der Waals surface area contributed by atoms with Crippen molar-refractivity contribution < 1.29 is 4.79 Å². The maximum absolute atomic E-state index is 12.7. The van der Waals surface area contributed by atoms with E-state index in [0.29, 0.717) is 26.6 Å². The van der Waals surface area contributed by atoms with Gasteiger partial charge in [0.25, 0.3) is 0 Å². The highest BCUT2D eigenvalue weighted by Gasteiger charge is 2.17. The van der Waals surface area contributed by atoms with E-state index in [1.807, 2.05) is 19.1 Å². The largest absolute Gasteiger partial charge is 0.323 e. The lowest BCUT2D eigenvalue weighted by Gasteiger charge is -2.07. The number of benzene rings is 2. The van der Waals surface area contributed by atoms with Gasteiger partial charge in [-0.2, -0.15) is 0 Å². The van der Waals surface area contributed by atoms with E-state index < -0.39 is 0 Å². The lowest BCUT2D eigenvalue weighted by Crippen LogP contribution is -2.04. The number of aryl methyl sites for hydroxylation is 1. The van der Waals surface area contributed by atoms with Crippen LogP contribution in [0.25, 0.3) is 11.0 Å². The van der Waals surface area contributed by atoms with Gasteiger partial charge in [-0.05, 0) is 52.7 Å². The van der Waals surface area contributed by atoms with Gasteiger partial charge in [0.15, 0.2) is 5.78 Å². The Morgan fingerprint density at radius 2 is 1.57 bits per heavy atom. The summed E-state index contributed by atoms with van der Waals surface area (Å²) in [6.45, 7) is 1.96. The quantitative estimate of drug-likeness (QED) is 0.630. The van der Waals surface area contributed by atoms with Crippen molar-refractivity contribution in [3.8, 4) is 0 Å². The minimum absolute atomic E-state index is 0.113. The monoisotopic (exact) mass is 408 g/mol. The molecule has 1 aromatic heterocycles. The summed E-state index contributed by atoms with van der Waals surface area (Å²) in [5, 5.41) is 0. The Morgan fingerprint density at radius 1 is 0.952 bits per heavy atom. The molecule has 0 aliphatic rings. The molecule has 1 heterocycles. The Labute approximate surface area is 136 Å². The number of H-pyrrole nitrogens is 2. The van der Waals surface area contributed by atoms with E-state index in [-0.39, 0.29) is 11.5 Å². The first-order valence-electron chi connectivity index (χ1n) is 6.18. The number of carbonyl (C=O) groups is 1. The van der Waals surface area contributed by atoms with Gasteiger partial charge in [0.2, 0.25) is 0 Å². The highest BCUT2D eigenvalue weighted by molar-refractivity contribution is 9.11. The van der Waals surface area contributed by atoms with E-state index in [0.717, 1.165) is 10.0 Å². The molecule has 0 saturated heterocycles. The third kappa shape index (κ3) is 2.61. The van der Waals surface area contributed by atoms with Gasteiger partial charge in [0, 0.05) is 20.1 Å². The molecule has 0 radical (unpaired) electrons. The average molecular weight is 410 g/mol. The molecule has 2 aromatic carbocycles. The third-order valence-electron chi connectivity index (χ3n) is 3.22. The molecule has 6 heteroatoms. The van der Waals surface area contributed by atoms with Gasteiger partial charge in [0.1, 0.15) is 0 Å². The normalized spacial score (nSPS) is 11.0. The SMILES string of the molecule is Cc1ccc(C(=O)c2cc3[nH]c(=O)[nH]c3cc2Br)c(Br)c1. The Bertz CT molecular complexity index is 925. The summed E-state index contributed by atoms with van der Waals surface area (Å²) in [6, 6.07) is 8.98. The van der Waals surface area contributed by atoms with Crippen molar-refractivity contribution in [2.75, 3.05) is 0 Å². The molecule has 0 amide bonds. The Hall–Kier alpha value is -1.66. The van der Waals surface area contributed by atoms with Gasteiger partial charge in [0.05, 0.1) is 11.0 Å². The van der Waals surface area contributed by atoms with Gasteiger partial charge in [-0.1, -0.05) is 22.0 Å². The molecule has 3 aromatic rings. The highest BCUT2D eigenvalue weighted by Crippen LogP contribution is 2.27. The molecule has 0 aliphatic heterocycles. The van der Waals surface area contributed by atoms with E-state index in [1.54, 1.807) is 18.2 Å². The number of imidazole rings is 1. The minimum atomic E-state index is -0.294. The lowest BCUT2D eigenvalue weighted by atomic mass is 10.0. The van der Waals surface area contributed by atoms with E-state index in [4.69, 9.17) is 0 Å². The van der Waals surface area contributed by atoms with Crippen molar-refractivity contribution in [1.29, 1.82) is 0 Å². The summed E-state index contributed by atoms with van der Waals surface area (Å²) in [7, 11) is 0. The zero-order chi connectivity index (χ0) is 15.1. The minimum Gasteiger partial charge on any atom is -0.306 e. The second-order valence-electron chi connectivity index (χ2n) is 4.77. The van der Waals surface area contributed by atoms with Crippen LogP contribution in [0.3, 0.4) is 0 Å². The number of aromatic amines is 2. The Balaban J connectivity index is 2.16. The number of rotatable bonds is 2. The second kappa shape index (κ2) is 5.27. The van der Waals surface area contributed by atoms with Crippen LogP contribution in [0.2, 0.25) is 0 Å². The molecule has 3 rings (SSSR count). The van der Waals surface area contributed by atoms with E-state index in [2.05, 4.69) is 41.8 Å². The van der Waals surface area contributed by atoms with Gasteiger partial charge < -0.3 is 9.97 Å². The maximum atomic E-state index is 12.7. The molecule has 21 heavy (non-hydrogen) atoms. The molecule has 2 N–H and O–H groups in total. The smallest absolute Gasteiger partial charge is 0.306 e. The first-order valence-corrected chi connectivity index (χ1v) is 7.76. The van der Waals surface area contributed by atoms with Crippen molar-refractivity contribution in [3.05, 3.63) is 66.5 Å². The van der Waals surface area contributed by atoms with Crippen LogP contribution in [-0.4, -0.2) is 15.8 Å². The fourth-order valence-electron chi connectivity index (χ4n) is 2.18. The molecular weight excluding hydrogens is 400 g/mol. The van der Waals surface area contributed by atoms with Crippen LogP contribution in [0, 0.1) is 6.92 Å². The fraction of sp³-hybridized carbons (Fsp3) is 0.0667. The fourth-order valence-corrected chi connectivity index (χ4v) is 3.38.